The fraction of sp³-hybridized carbons (Fsp3) is 0.222. The SMILES string of the molecule is O=C1NC(=O)[C@@H]2[C@H]1[C@@H](c1ccccc1Cl)NN2Cc1ccccc1. The van der Waals surface area contributed by atoms with E-state index < -0.39 is 12.0 Å². The average molecular weight is 342 g/mol. The predicted molar refractivity (Wildman–Crippen MR) is 89.7 cm³/mol. The first kappa shape index (κ1) is 15.3. The number of hydrazine groups is 1. The van der Waals surface area contributed by atoms with Gasteiger partial charge in [0.2, 0.25) is 11.8 Å². The number of carbonyl (C=O) groups excluding carboxylic acids is 2. The highest BCUT2D eigenvalue weighted by Gasteiger charge is 2.55. The monoisotopic (exact) mass is 341 g/mol. The molecule has 2 fully saturated rings. The van der Waals surface area contributed by atoms with Gasteiger partial charge in [0.1, 0.15) is 6.04 Å². The number of rotatable bonds is 3. The molecule has 122 valence electrons. The third-order valence-corrected chi connectivity index (χ3v) is 4.94. The average Bonchev–Trinajstić information content (AvgIpc) is 3.09. The van der Waals surface area contributed by atoms with E-state index in [2.05, 4.69) is 10.7 Å². The van der Waals surface area contributed by atoms with Crippen LogP contribution in [0.4, 0.5) is 0 Å². The number of halogens is 1. The summed E-state index contributed by atoms with van der Waals surface area (Å²) < 4.78 is 0. The number of amides is 2. The maximum atomic E-state index is 12.3. The summed E-state index contributed by atoms with van der Waals surface area (Å²) in [5, 5.41) is 4.88. The van der Waals surface area contributed by atoms with Crippen LogP contribution < -0.4 is 10.7 Å². The molecule has 2 aliphatic heterocycles. The molecular formula is C18H16ClN3O2. The van der Waals surface area contributed by atoms with Crippen molar-refractivity contribution in [1.29, 1.82) is 0 Å². The molecule has 2 aromatic carbocycles. The molecular weight excluding hydrogens is 326 g/mol. The van der Waals surface area contributed by atoms with Crippen molar-refractivity contribution in [2.45, 2.75) is 18.6 Å². The molecule has 2 aliphatic rings. The molecule has 0 aliphatic carbocycles. The maximum absolute atomic E-state index is 12.3. The van der Waals surface area contributed by atoms with Crippen LogP contribution in [0.3, 0.4) is 0 Å². The smallest absolute Gasteiger partial charge is 0.246 e. The molecule has 0 spiro atoms. The zero-order valence-electron chi connectivity index (χ0n) is 12.8. The Morgan fingerprint density at radius 2 is 1.67 bits per heavy atom. The highest BCUT2D eigenvalue weighted by Crippen LogP contribution is 2.39. The Morgan fingerprint density at radius 3 is 2.42 bits per heavy atom. The fourth-order valence-electron chi connectivity index (χ4n) is 3.51. The molecule has 5 nitrogen and oxygen atoms in total. The van der Waals surface area contributed by atoms with Crippen LogP contribution in [0.5, 0.6) is 0 Å². The summed E-state index contributed by atoms with van der Waals surface area (Å²) in [6, 6.07) is 16.4. The molecule has 3 atom stereocenters. The number of benzene rings is 2. The molecule has 4 rings (SSSR count). The van der Waals surface area contributed by atoms with Gasteiger partial charge in [0.05, 0.1) is 12.0 Å². The topological polar surface area (TPSA) is 61.4 Å². The van der Waals surface area contributed by atoms with E-state index in [1.807, 2.05) is 53.5 Å². The van der Waals surface area contributed by atoms with Crippen molar-refractivity contribution in [3.63, 3.8) is 0 Å². The van der Waals surface area contributed by atoms with Crippen molar-refractivity contribution in [2.75, 3.05) is 0 Å². The predicted octanol–water partition coefficient (Wildman–Crippen LogP) is 2.04. The van der Waals surface area contributed by atoms with Crippen molar-refractivity contribution in [2.24, 2.45) is 5.92 Å². The number of nitrogens with one attached hydrogen (secondary N) is 2. The quantitative estimate of drug-likeness (QED) is 0.839. The van der Waals surface area contributed by atoms with Gasteiger partial charge >= 0.3 is 0 Å². The molecule has 2 heterocycles. The van der Waals surface area contributed by atoms with E-state index in [0.29, 0.717) is 11.6 Å². The van der Waals surface area contributed by atoms with Crippen LogP contribution in [0, 0.1) is 5.92 Å². The van der Waals surface area contributed by atoms with Gasteiger partial charge in [-0.05, 0) is 17.2 Å². The van der Waals surface area contributed by atoms with E-state index in [4.69, 9.17) is 11.6 Å². The second-order valence-electron chi connectivity index (χ2n) is 6.07. The van der Waals surface area contributed by atoms with E-state index in [-0.39, 0.29) is 17.9 Å². The zero-order valence-corrected chi connectivity index (χ0v) is 13.5. The van der Waals surface area contributed by atoms with Crippen molar-refractivity contribution < 1.29 is 9.59 Å². The molecule has 2 saturated heterocycles. The van der Waals surface area contributed by atoms with E-state index in [1.165, 1.54) is 0 Å². The maximum Gasteiger partial charge on any atom is 0.246 e. The standard InChI is InChI=1S/C18H16ClN3O2/c19-13-9-5-4-8-12(13)15-14-16(18(24)20-17(14)23)22(21-15)10-11-6-2-1-3-7-11/h1-9,14-16,21H,10H2,(H,20,23,24)/t14-,15-,16+/m1/s1. The Labute approximate surface area is 144 Å². The van der Waals surface area contributed by atoms with Crippen LogP contribution in [0.15, 0.2) is 54.6 Å². The number of nitrogens with zero attached hydrogens (tertiary/aromatic N) is 1. The lowest BCUT2D eigenvalue weighted by Gasteiger charge is -2.22. The van der Waals surface area contributed by atoms with E-state index in [9.17, 15) is 9.59 Å². The van der Waals surface area contributed by atoms with Crippen LogP contribution in [0.2, 0.25) is 5.02 Å². The fourth-order valence-corrected chi connectivity index (χ4v) is 3.76. The minimum atomic E-state index is -0.529. The highest BCUT2D eigenvalue weighted by atomic mass is 35.5. The van der Waals surface area contributed by atoms with Gasteiger partial charge in [-0.1, -0.05) is 60.1 Å². The summed E-state index contributed by atoms with van der Waals surface area (Å²) in [6.07, 6.45) is 0. The van der Waals surface area contributed by atoms with Crippen LogP contribution in [0.25, 0.3) is 0 Å². The number of fused-ring (bicyclic) bond motifs is 1. The van der Waals surface area contributed by atoms with Gasteiger partial charge < -0.3 is 0 Å². The largest absolute Gasteiger partial charge is 0.295 e. The third-order valence-electron chi connectivity index (χ3n) is 4.59. The number of hydrogen-bond donors (Lipinski definition) is 2. The van der Waals surface area contributed by atoms with Crippen LogP contribution >= 0.6 is 11.6 Å². The Hall–Kier alpha value is -2.21. The van der Waals surface area contributed by atoms with Gasteiger partial charge in [-0.25, -0.2) is 10.4 Å². The molecule has 2 aromatic rings. The van der Waals surface area contributed by atoms with E-state index >= 15 is 0 Å². The Balaban J connectivity index is 1.69. The molecule has 6 heteroatoms. The highest BCUT2D eigenvalue weighted by molar-refractivity contribution is 6.31. The Morgan fingerprint density at radius 1 is 0.958 bits per heavy atom. The lowest BCUT2D eigenvalue weighted by molar-refractivity contribution is -0.127. The van der Waals surface area contributed by atoms with Gasteiger partial charge in [0.15, 0.2) is 0 Å². The summed E-state index contributed by atoms with van der Waals surface area (Å²) in [4.78, 5) is 24.6. The Bertz CT molecular complexity index is 796. The van der Waals surface area contributed by atoms with Crippen molar-refractivity contribution in [1.82, 2.24) is 15.8 Å². The van der Waals surface area contributed by atoms with Gasteiger partial charge in [0, 0.05) is 11.6 Å². The lowest BCUT2D eigenvalue weighted by atomic mass is 9.91. The molecule has 2 amide bonds. The molecule has 0 unspecified atom stereocenters. The van der Waals surface area contributed by atoms with Crippen LogP contribution in [-0.2, 0) is 16.1 Å². The van der Waals surface area contributed by atoms with Crippen LogP contribution in [-0.4, -0.2) is 22.9 Å². The molecule has 0 bridgehead atoms. The second kappa shape index (κ2) is 6.02. The minimum absolute atomic E-state index is 0.252. The van der Waals surface area contributed by atoms with Gasteiger partial charge in [-0.15, -0.1) is 0 Å². The van der Waals surface area contributed by atoms with Gasteiger partial charge in [0.25, 0.3) is 0 Å². The molecule has 0 radical (unpaired) electrons. The summed E-state index contributed by atoms with van der Waals surface area (Å²) in [7, 11) is 0. The summed E-state index contributed by atoms with van der Waals surface area (Å²) in [6.45, 7) is 0.531. The third kappa shape index (κ3) is 2.51. The molecule has 0 saturated carbocycles. The second-order valence-corrected chi connectivity index (χ2v) is 6.47. The Kier molecular flexibility index (Phi) is 3.84. The van der Waals surface area contributed by atoms with E-state index in [0.717, 1.165) is 11.1 Å². The minimum Gasteiger partial charge on any atom is -0.295 e. The number of carbonyl (C=O) groups is 2. The zero-order chi connectivity index (χ0) is 16.7. The van der Waals surface area contributed by atoms with Gasteiger partial charge in [-0.2, -0.15) is 0 Å². The number of imide groups is 1. The first-order valence-electron chi connectivity index (χ1n) is 7.81. The first-order chi connectivity index (χ1) is 11.6. The van der Waals surface area contributed by atoms with Crippen LogP contribution in [0.1, 0.15) is 17.2 Å². The number of hydrogen-bond acceptors (Lipinski definition) is 4. The molecule has 2 N–H and O–H groups in total. The molecule has 24 heavy (non-hydrogen) atoms. The van der Waals surface area contributed by atoms with Crippen molar-refractivity contribution in [3.05, 3.63) is 70.7 Å². The lowest BCUT2D eigenvalue weighted by Crippen LogP contribution is -2.43. The summed E-state index contributed by atoms with van der Waals surface area (Å²) in [5.41, 5.74) is 5.22. The van der Waals surface area contributed by atoms with Gasteiger partial charge in [-0.3, -0.25) is 14.9 Å². The summed E-state index contributed by atoms with van der Waals surface area (Å²) in [5.74, 6) is -0.998. The van der Waals surface area contributed by atoms with Crippen molar-refractivity contribution in [3.8, 4) is 0 Å². The normalized spacial score (nSPS) is 26.5. The van der Waals surface area contributed by atoms with E-state index in [1.54, 1.807) is 6.07 Å². The molecule has 0 aromatic heterocycles. The first-order valence-corrected chi connectivity index (χ1v) is 8.19. The van der Waals surface area contributed by atoms with Crippen molar-refractivity contribution >= 4 is 23.4 Å². The summed E-state index contributed by atoms with van der Waals surface area (Å²) >= 11 is 6.31.